The summed E-state index contributed by atoms with van der Waals surface area (Å²) in [4.78, 5) is 17.6. The minimum atomic E-state index is 0.210. The lowest BCUT2D eigenvalue weighted by Gasteiger charge is -2.12. The van der Waals surface area contributed by atoms with Gasteiger partial charge in [0.05, 0.1) is 22.3 Å². The van der Waals surface area contributed by atoms with E-state index in [4.69, 9.17) is 21.1 Å². The van der Waals surface area contributed by atoms with Crippen LogP contribution in [0.3, 0.4) is 0 Å². The van der Waals surface area contributed by atoms with Gasteiger partial charge in [-0.05, 0) is 55.0 Å². The number of fused-ring (bicyclic) bond motifs is 1. The van der Waals surface area contributed by atoms with E-state index >= 15 is 0 Å². The van der Waals surface area contributed by atoms with Gasteiger partial charge in [0, 0.05) is 23.7 Å². The molecule has 8 heteroatoms. The van der Waals surface area contributed by atoms with Crippen molar-refractivity contribution in [1.82, 2.24) is 15.0 Å². The minimum absolute atomic E-state index is 0.210. The smallest absolute Gasteiger partial charge is 0.188 e. The zero-order valence-electron chi connectivity index (χ0n) is 18.0. The monoisotopic (exact) mass is 459 g/mol. The molecule has 0 unspecified atom stereocenters. The van der Waals surface area contributed by atoms with Crippen LogP contribution in [0, 0.1) is 0 Å². The number of hydrogen-bond acceptors (Lipinski definition) is 7. The van der Waals surface area contributed by atoms with E-state index in [-0.39, 0.29) is 6.04 Å². The highest BCUT2D eigenvalue weighted by molar-refractivity contribution is 6.32. The van der Waals surface area contributed by atoms with E-state index in [0.29, 0.717) is 36.2 Å². The number of nitrogens with one attached hydrogen (secondary N) is 1. The van der Waals surface area contributed by atoms with Crippen LogP contribution in [0.5, 0.6) is 5.75 Å². The van der Waals surface area contributed by atoms with Gasteiger partial charge in [-0.3, -0.25) is 4.98 Å². The first-order valence-corrected chi connectivity index (χ1v) is 11.0. The van der Waals surface area contributed by atoms with E-state index < -0.39 is 0 Å². The van der Waals surface area contributed by atoms with Crippen LogP contribution >= 0.6 is 11.6 Å². The van der Waals surface area contributed by atoms with Crippen LogP contribution in [-0.2, 0) is 17.8 Å². The quantitative estimate of drug-likeness (QED) is 0.400. The number of aliphatic imine (C=N–C) groups is 1. The van der Waals surface area contributed by atoms with Crippen LogP contribution in [0.15, 0.2) is 72.1 Å². The average molecular weight is 460 g/mol. The summed E-state index contributed by atoms with van der Waals surface area (Å²) < 4.78 is 11.5. The summed E-state index contributed by atoms with van der Waals surface area (Å²) in [6.45, 7) is 3.03. The predicted octanol–water partition coefficient (Wildman–Crippen LogP) is 5.36. The van der Waals surface area contributed by atoms with E-state index in [2.05, 4.69) is 31.3 Å². The summed E-state index contributed by atoms with van der Waals surface area (Å²) in [5.41, 5.74) is 3.57. The molecule has 1 aliphatic rings. The summed E-state index contributed by atoms with van der Waals surface area (Å²) in [5.74, 6) is 2.05. The van der Waals surface area contributed by atoms with Crippen LogP contribution in [0.25, 0.3) is 10.9 Å². The summed E-state index contributed by atoms with van der Waals surface area (Å²) in [6.07, 6.45) is 3.92. The molecule has 0 radical (unpaired) electrons. The molecule has 2 aromatic heterocycles. The van der Waals surface area contributed by atoms with Crippen molar-refractivity contribution in [2.45, 2.75) is 26.0 Å². The number of halogens is 1. The average Bonchev–Trinajstić information content (AvgIpc) is 3.24. The van der Waals surface area contributed by atoms with Gasteiger partial charge in [0.1, 0.15) is 31.1 Å². The van der Waals surface area contributed by atoms with Gasteiger partial charge in [0.25, 0.3) is 0 Å². The van der Waals surface area contributed by atoms with Gasteiger partial charge in [0.15, 0.2) is 5.90 Å². The van der Waals surface area contributed by atoms with Gasteiger partial charge in [0.2, 0.25) is 0 Å². The maximum absolute atomic E-state index is 6.47. The molecule has 0 saturated carbocycles. The molecular weight excluding hydrogens is 438 g/mol. The van der Waals surface area contributed by atoms with E-state index in [1.54, 1.807) is 12.5 Å². The molecule has 1 atom stereocenters. The first-order chi connectivity index (χ1) is 16.1. The molecule has 2 aromatic carbocycles. The van der Waals surface area contributed by atoms with Crippen LogP contribution < -0.4 is 10.1 Å². The number of rotatable bonds is 7. The molecule has 3 heterocycles. The zero-order chi connectivity index (χ0) is 22.6. The topological polar surface area (TPSA) is 81.5 Å². The van der Waals surface area contributed by atoms with Crippen molar-refractivity contribution in [2.24, 2.45) is 4.99 Å². The zero-order valence-corrected chi connectivity index (χ0v) is 18.8. The summed E-state index contributed by atoms with van der Waals surface area (Å²) >= 11 is 6.47. The highest BCUT2D eigenvalue weighted by Crippen LogP contribution is 2.31. The van der Waals surface area contributed by atoms with Crippen molar-refractivity contribution in [3.63, 3.8) is 0 Å². The largest absolute Gasteiger partial charge is 0.486 e. The first-order valence-electron chi connectivity index (χ1n) is 10.7. The molecular formula is C25H22ClN5O2. The molecule has 0 spiro atoms. The molecule has 4 aromatic rings. The molecule has 0 bridgehead atoms. The van der Waals surface area contributed by atoms with Crippen LogP contribution in [0.4, 0.5) is 11.5 Å². The van der Waals surface area contributed by atoms with E-state index in [9.17, 15) is 0 Å². The Bertz CT molecular complexity index is 1310. The number of anilines is 2. The second-order valence-electron chi connectivity index (χ2n) is 7.81. The molecule has 0 fully saturated rings. The fourth-order valence-electron chi connectivity index (χ4n) is 3.59. The number of benzene rings is 2. The molecule has 33 heavy (non-hydrogen) atoms. The van der Waals surface area contributed by atoms with Gasteiger partial charge < -0.3 is 14.8 Å². The fourth-order valence-corrected chi connectivity index (χ4v) is 3.82. The highest BCUT2D eigenvalue weighted by Gasteiger charge is 2.15. The molecule has 0 amide bonds. The Labute approximate surface area is 196 Å². The Kier molecular flexibility index (Phi) is 6.04. The van der Waals surface area contributed by atoms with Crippen LogP contribution in [0.2, 0.25) is 5.02 Å². The lowest BCUT2D eigenvalue weighted by atomic mass is 10.1. The maximum Gasteiger partial charge on any atom is 0.188 e. The third kappa shape index (κ3) is 5.04. The van der Waals surface area contributed by atoms with Gasteiger partial charge in [-0.25, -0.2) is 15.0 Å². The lowest BCUT2D eigenvalue weighted by molar-refractivity contribution is 0.301. The summed E-state index contributed by atoms with van der Waals surface area (Å²) in [6, 6.07) is 17.6. The molecule has 1 aliphatic heterocycles. The van der Waals surface area contributed by atoms with Crippen molar-refractivity contribution >= 4 is 39.9 Å². The Morgan fingerprint density at radius 1 is 1.09 bits per heavy atom. The Hall–Kier alpha value is -3.71. The van der Waals surface area contributed by atoms with Gasteiger partial charge >= 0.3 is 0 Å². The van der Waals surface area contributed by atoms with E-state index in [1.807, 2.05) is 55.5 Å². The third-order valence-corrected chi connectivity index (χ3v) is 5.50. The number of ether oxygens (including phenoxy) is 2. The molecule has 5 rings (SSSR count). The Morgan fingerprint density at radius 3 is 2.82 bits per heavy atom. The van der Waals surface area contributed by atoms with Crippen LogP contribution in [0.1, 0.15) is 18.2 Å². The summed E-state index contributed by atoms with van der Waals surface area (Å²) in [5, 5.41) is 4.76. The molecule has 7 nitrogen and oxygen atoms in total. The van der Waals surface area contributed by atoms with Crippen molar-refractivity contribution in [3.05, 3.63) is 83.4 Å². The number of hydrogen-bond donors (Lipinski definition) is 1. The number of nitrogens with zero attached hydrogens (tertiary/aromatic N) is 4. The third-order valence-electron chi connectivity index (χ3n) is 5.21. The maximum atomic E-state index is 6.47. The minimum Gasteiger partial charge on any atom is -0.486 e. The Balaban J connectivity index is 1.34. The van der Waals surface area contributed by atoms with Crippen molar-refractivity contribution in [2.75, 3.05) is 11.9 Å². The van der Waals surface area contributed by atoms with Gasteiger partial charge in [-0.2, -0.15) is 0 Å². The number of pyridine rings is 1. The number of aromatic nitrogens is 3. The first kappa shape index (κ1) is 21.2. The van der Waals surface area contributed by atoms with E-state index in [0.717, 1.165) is 33.7 Å². The Morgan fingerprint density at radius 2 is 2.03 bits per heavy atom. The molecule has 0 aliphatic carbocycles. The highest BCUT2D eigenvalue weighted by atomic mass is 35.5. The van der Waals surface area contributed by atoms with Crippen LogP contribution in [-0.4, -0.2) is 33.5 Å². The second kappa shape index (κ2) is 9.42. The summed E-state index contributed by atoms with van der Waals surface area (Å²) in [7, 11) is 0. The predicted molar refractivity (Wildman–Crippen MR) is 129 cm³/mol. The molecule has 166 valence electrons. The van der Waals surface area contributed by atoms with Crippen molar-refractivity contribution in [1.29, 1.82) is 0 Å². The van der Waals surface area contributed by atoms with Gasteiger partial charge in [-0.15, -0.1) is 0 Å². The van der Waals surface area contributed by atoms with Crippen molar-refractivity contribution < 1.29 is 9.47 Å². The lowest BCUT2D eigenvalue weighted by Crippen LogP contribution is -2.04. The van der Waals surface area contributed by atoms with Crippen molar-refractivity contribution in [3.8, 4) is 5.75 Å². The molecule has 1 N–H and O–H groups in total. The SMILES string of the molecule is C[C@H]1COC(Cc2ccc3ncnc(Nc4ccc(OCc5ccccn5)c(Cl)c4)c3c2)=N1. The second-order valence-corrected chi connectivity index (χ2v) is 8.22. The standard InChI is InChI=1S/C25H22ClN5O2/c1-16-13-33-24(30-16)11-17-5-7-22-20(10-17)25(29-15-28-22)31-18-6-8-23(21(26)12-18)32-14-19-4-2-3-9-27-19/h2-10,12,15-16H,11,13-14H2,1H3,(H,28,29,31)/t16-/m0/s1. The molecule has 0 saturated heterocycles. The normalized spacial score (nSPS) is 15.2. The van der Waals surface area contributed by atoms with E-state index in [1.165, 1.54) is 0 Å². The fraction of sp³-hybridized carbons (Fsp3) is 0.200. The van der Waals surface area contributed by atoms with Gasteiger partial charge in [-0.1, -0.05) is 23.7 Å².